The van der Waals surface area contributed by atoms with Gasteiger partial charge in [-0.2, -0.15) is 10.1 Å². The van der Waals surface area contributed by atoms with Crippen LogP contribution in [0.4, 0.5) is 23.4 Å². The molecular formula is C18H17N7O3. The Morgan fingerprint density at radius 2 is 1.79 bits per heavy atom. The minimum atomic E-state index is 0.343. The summed E-state index contributed by atoms with van der Waals surface area (Å²) >= 11 is 0. The minimum absolute atomic E-state index is 0.343. The molecule has 4 rings (SSSR count). The SMILES string of the molecule is COc1ccc(Nc2ncnc(Nc3cc(-c4ccco4)[nH]n3)n2)cc1OC. The molecule has 10 heteroatoms. The number of nitrogens with zero attached hydrogens (tertiary/aromatic N) is 4. The summed E-state index contributed by atoms with van der Waals surface area (Å²) in [5, 5.41) is 13.2. The van der Waals surface area contributed by atoms with E-state index in [1.165, 1.54) is 6.33 Å². The molecule has 3 N–H and O–H groups in total. The molecule has 0 fully saturated rings. The summed E-state index contributed by atoms with van der Waals surface area (Å²) in [6.45, 7) is 0. The van der Waals surface area contributed by atoms with Gasteiger partial charge in [-0.15, -0.1) is 0 Å². The first-order valence-electron chi connectivity index (χ1n) is 8.29. The average molecular weight is 379 g/mol. The quantitative estimate of drug-likeness (QED) is 0.443. The Kier molecular flexibility index (Phi) is 4.74. The molecule has 0 unspecified atom stereocenters. The Morgan fingerprint density at radius 1 is 0.964 bits per heavy atom. The van der Waals surface area contributed by atoms with Crippen molar-refractivity contribution in [1.82, 2.24) is 25.1 Å². The van der Waals surface area contributed by atoms with Crippen molar-refractivity contribution >= 4 is 23.4 Å². The highest BCUT2D eigenvalue weighted by molar-refractivity contribution is 5.62. The molecule has 0 saturated carbocycles. The highest BCUT2D eigenvalue weighted by Gasteiger charge is 2.09. The van der Waals surface area contributed by atoms with E-state index in [9.17, 15) is 0 Å². The van der Waals surface area contributed by atoms with Crippen LogP contribution in [0.3, 0.4) is 0 Å². The second kappa shape index (κ2) is 7.66. The van der Waals surface area contributed by atoms with Crippen molar-refractivity contribution in [2.75, 3.05) is 24.9 Å². The van der Waals surface area contributed by atoms with Gasteiger partial charge in [-0.25, -0.2) is 9.97 Å². The lowest BCUT2D eigenvalue weighted by atomic mass is 10.3. The average Bonchev–Trinajstić information content (AvgIpc) is 3.40. The van der Waals surface area contributed by atoms with E-state index in [1.54, 1.807) is 44.7 Å². The molecule has 0 saturated heterocycles. The Balaban J connectivity index is 1.49. The van der Waals surface area contributed by atoms with E-state index < -0.39 is 0 Å². The van der Waals surface area contributed by atoms with Gasteiger partial charge < -0.3 is 24.5 Å². The predicted octanol–water partition coefficient (Wildman–Crippen LogP) is 3.36. The van der Waals surface area contributed by atoms with Crippen LogP contribution in [-0.2, 0) is 0 Å². The lowest BCUT2D eigenvalue weighted by Gasteiger charge is -2.10. The van der Waals surface area contributed by atoms with Gasteiger partial charge in [0, 0.05) is 17.8 Å². The summed E-state index contributed by atoms with van der Waals surface area (Å²) in [6.07, 6.45) is 3.00. The number of H-pyrrole nitrogens is 1. The second-order valence-corrected chi connectivity index (χ2v) is 5.60. The van der Waals surface area contributed by atoms with Gasteiger partial charge in [0.2, 0.25) is 11.9 Å². The number of anilines is 4. The Morgan fingerprint density at radius 3 is 2.54 bits per heavy atom. The van der Waals surface area contributed by atoms with Crippen LogP contribution in [0.1, 0.15) is 0 Å². The molecule has 0 atom stereocenters. The van der Waals surface area contributed by atoms with Crippen LogP contribution in [0.2, 0.25) is 0 Å². The van der Waals surface area contributed by atoms with Crippen LogP contribution in [0.5, 0.6) is 11.5 Å². The number of benzene rings is 1. The van der Waals surface area contributed by atoms with Crippen LogP contribution < -0.4 is 20.1 Å². The van der Waals surface area contributed by atoms with Gasteiger partial charge in [0.15, 0.2) is 23.1 Å². The van der Waals surface area contributed by atoms with Gasteiger partial charge in [-0.05, 0) is 24.3 Å². The molecule has 0 bridgehead atoms. The van der Waals surface area contributed by atoms with Gasteiger partial charge in [0.25, 0.3) is 0 Å². The van der Waals surface area contributed by atoms with Gasteiger partial charge in [0.1, 0.15) is 12.0 Å². The van der Waals surface area contributed by atoms with E-state index in [2.05, 4.69) is 35.8 Å². The molecule has 0 amide bonds. The smallest absolute Gasteiger partial charge is 0.233 e. The van der Waals surface area contributed by atoms with Crippen LogP contribution in [0.15, 0.2) is 53.4 Å². The molecular weight excluding hydrogens is 362 g/mol. The van der Waals surface area contributed by atoms with E-state index in [0.29, 0.717) is 35.0 Å². The minimum Gasteiger partial charge on any atom is -0.493 e. The molecule has 1 aromatic carbocycles. The zero-order valence-electron chi connectivity index (χ0n) is 15.1. The van der Waals surface area contributed by atoms with E-state index in [0.717, 1.165) is 11.4 Å². The molecule has 0 radical (unpaired) electrons. The maximum absolute atomic E-state index is 5.33. The third-order valence-electron chi connectivity index (χ3n) is 3.82. The van der Waals surface area contributed by atoms with Crippen molar-refractivity contribution in [2.24, 2.45) is 0 Å². The van der Waals surface area contributed by atoms with Crippen LogP contribution in [0.25, 0.3) is 11.5 Å². The first-order valence-corrected chi connectivity index (χ1v) is 8.29. The molecule has 0 aliphatic heterocycles. The highest BCUT2D eigenvalue weighted by atomic mass is 16.5. The molecule has 4 aromatic rings. The van der Waals surface area contributed by atoms with E-state index >= 15 is 0 Å². The number of aromatic nitrogens is 5. The number of hydrogen-bond donors (Lipinski definition) is 3. The molecule has 3 heterocycles. The lowest BCUT2D eigenvalue weighted by molar-refractivity contribution is 0.355. The molecule has 142 valence electrons. The summed E-state index contributed by atoms with van der Waals surface area (Å²) in [5.41, 5.74) is 1.49. The van der Waals surface area contributed by atoms with Crippen molar-refractivity contribution in [3.8, 4) is 23.0 Å². The van der Waals surface area contributed by atoms with Crippen LogP contribution in [0, 0.1) is 0 Å². The van der Waals surface area contributed by atoms with Crippen molar-refractivity contribution in [3.63, 3.8) is 0 Å². The molecule has 28 heavy (non-hydrogen) atoms. The fraction of sp³-hybridized carbons (Fsp3) is 0.111. The van der Waals surface area contributed by atoms with Gasteiger partial charge >= 0.3 is 0 Å². The largest absolute Gasteiger partial charge is 0.493 e. The standard InChI is InChI=1S/C18H17N7O3/c1-26-14-6-5-11(8-15(14)27-2)21-17-19-10-20-18(23-17)22-16-9-12(24-25-16)13-4-3-7-28-13/h3-10H,1-2H3,(H3,19,20,21,22,23,24,25). The number of rotatable bonds is 7. The molecule has 10 nitrogen and oxygen atoms in total. The third kappa shape index (κ3) is 3.70. The monoisotopic (exact) mass is 379 g/mol. The van der Waals surface area contributed by atoms with E-state index in [1.807, 2.05) is 12.1 Å². The van der Waals surface area contributed by atoms with Gasteiger partial charge in [-0.3, -0.25) is 5.10 Å². The summed E-state index contributed by atoms with van der Waals surface area (Å²) in [7, 11) is 3.16. The topological polar surface area (TPSA) is 123 Å². The fourth-order valence-corrected chi connectivity index (χ4v) is 2.52. The Hall–Kier alpha value is -4.08. The number of methoxy groups -OCH3 is 2. The normalized spacial score (nSPS) is 10.5. The first-order chi connectivity index (χ1) is 13.7. The van der Waals surface area contributed by atoms with E-state index in [4.69, 9.17) is 13.9 Å². The van der Waals surface area contributed by atoms with Crippen molar-refractivity contribution in [2.45, 2.75) is 0 Å². The third-order valence-corrected chi connectivity index (χ3v) is 3.82. The molecule has 3 aromatic heterocycles. The van der Waals surface area contributed by atoms with Crippen molar-refractivity contribution < 1.29 is 13.9 Å². The summed E-state index contributed by atoms with van der Waals surface area (Å²) in [5.74, 6) is 3.18. The first kappa shape index (κ1) is 17.3. The van der Waals surface area contributed by atoms with E-state index in [-0.39, 0.29) is 0 Å². The molecule has 0 aliphatic carbocycles. The zero-order valence-corrected chi connectivity index (χ0v) is 15.1. The molecule has 0 spiro atoms. The lowest BCUT2D eigenvalue weighted by Crippen LogP contribution is -2.03. The number of hydrogen-bond acceptors (Lipinski definition) is 9. The van der Waals surface area contributed by atoms with Gasteiger partial charge in [0.05, 0.1) is 20.5 Å². The maximum atomic E-state index is 5.33. The highest BCUT2D eigenvalue weighted by Crippen LogP contribution is 2.30. The Bertz CT molecular complexity index is 1060. The van der Waals surface area contributed by atoms with Crippen LogP contribution >= 0.6 is 0 Å². The number of aromatic amines is 1. The van der Waals surface area contributed by atoms with Gasteiger partial charge in [-0.1, -0.05) is 0 Å². The number of furan rings is 1. The second-order valence-electron chi connectivity index (χ2n) is 5.60. The number of ether oxygens (including phenoxy) is 2. The van der Waals surface area contributed by atoms with Crippen LogP contribution in [-0.4, -0.2) is 39.4 Å². The predicted molar refractivity (Wildman–Crippen MR) is 102 cm³/mol. The fourth-order valence-electron chi connectivity index (χ4n) is 2.52. The zero-order chi connectivity index (χ0) is 19.3. The molecule has 0 aliphatic rings. The Labute approximate surface area is 160 Å². The number of nitrogens with one attached hydrogen (secondary N) is 3. The maximum Gasteiger partial charge on any atom is 0.233 e. The summed E-state index contributed by atoms with van der Waals surface area (Å²) in [6, 6.07) is 10.9. The summed E-state index contributed by atoms with van der Waals surface area (Å²) < 4.78 is 15.9. The van der Waals surface area contributed by atoms with Crippen molar-refractivity contribution in [3.05, 3.63) is 49.0 Å². The summed E-state index contributed by atoms with van der Waals surface area (Å²) in [4.78, 5) is 12.6. The van der Waals surface area contributed by atoms with Crippen molar-refractivity contribution in [1.29, 1.82) is 0 Å².